The fraction of sp³-hybridized carbons (Fsp3) is 0.600. The molecule has 0 aromatic heterocycles. The lowest BCUT2D eigenvalue weighted by Crippen LogP contribution is -2.46. The highest BCUT2D eigenvalue weighted by molar-refractivity contribution is 5.39. The van der Waals surface area contributed by atoms with Crippen LogP contribution < -0.4 is 4.74 Å². The second-order valence-corrected chi connectivity index (χ2v) is 5.91. The van der Waals surface area contributed by atoms with Gasteiger partial charge < -0.3 is 9.84 Å². The minimum Gasteiger partial charge on any atom is -0.494 e. The van der Waals surface area contributed by atoms with Crippen molar-refractivity contribution in [3.05, 3.63) is 29.6 Å². The third-order valence-electron chi connectivity index (χ3n) is 3.37. The van der Waals surface area contributed by atoms with Crippen LogP contribution in [0.1, 0.15) is 39.7 Å². The summed E-state index contributed by atoms with van der Waals surface area (Å²) < 4.78 is 57.3. The first-order valence-electron chi connectivity index (χ1n) is 6.62. The van der Waals surface area contributed by atoms with Crippen molar-refractivity contribution in [2.45, 2.75) is 51.3 Å². The number of hydrogen-bond donors (Lipinski definition) is 1. The van der Waals surface area contributed by atoms with Gasteiger partial charge in [-0.3, -0.25) is 0 Å². The quantitative estimate of drug-likeness (QED) is 0.826. The van der Waals surface area contributed by atoms with Crippen LogP contribution in [-0.2, 0) is 5.41 Å². The lowest BCUT2D eigenvalue weighted by Gasteiger charge is -2.36. The molecule has 1 aromatic carbocycles. The van der Waals surface area contributed by atoms with Gasteiger partial charge in [0.05, 0.1) is 6.61 Å². The zero-order valence-electron chi connectivity index (χ0n) is 12.5. The average Bonchev–Trinajstić information content (AvgIpc) is 2.28. The van der Waals surface area contributed by atoms with Gasteiger partial charge in [0.25, 0.3) is 0 Å². The van der Waals surface area contributed by atoms with Crippen LogP contribution in [0, 0.1) is 5.82 Å². The fourth-order valence-electron chi connectivity index (χ4n) is 2.37. The molecule has 2 nitrogen and oxygen atoms in total. The van der Waals surface area contributed by atoms with Gasteiger partial charge in [-0.25, -0.2) is 4.39 Å². The maximum atomic E-state index is 13.4. The van der Waals surface area contributed by atoms with Gasteiger partial charge in [-0.05, 0) is 43.9 Å². The van der Waals surface area contributed by atoms with Gasteiger partial charge in [0.1, 0.15) is 11.6 Å². The van der Waals surface area contributed by atoms with E-state index < -0.39 is 29.4 Å². The second kappa shape index (κ2) is 5.83. The van der Waals surface area contributed by atoms with Crippen molar-refractivity contribution < 1.29 is 27.4 Å². The van der Waals surface area contributed by atoms with Crippen LogP contribution in [0.15, 0.2) is 18.2 Å². The van der Waals surface area contributed by atoms with Crippen LogP contribution >= 0.6 is 0 Å². The maximum absolute atomic E-state index is 13.4. The van der Waals surface area contributed by atoms with Crippen LogP contribution in [0.5, 0.6) is 5.75 Å². The molecule has 0 aliphatic heterocycles. The van der Waals surface area contributed by atoms with E-state index in [9.17, 15) is 22.7 Å². The smallest absolute Gasteiger partial charge is 0.416 e. The highest BCUT2D eigenvalue weighted by atomic mass is 19.4. The molecule has 120 valence electrons. The molecule has 0 amide bonds. The summed E-state index contributed by atoms with van der Waals surface area (Å²) in [7, 11) is 0. The van der Waals surface area contributed by atoms with Crippen LogP contribution in [0.25, 0.3) is 0 Å². The molecule has 0 spiro atoms. The largest absolute Gasteiger partial charge is 0.494 e. The average molecular weight is 308 g/mol. The first-order valence-corrected chi connectivity index (χ1v) is 6.62. The van der Waals surface area contributed by atoms with E-state index in [4.69, 9.17) is 4.74 Å². The van der Waals surface area contributed by atoms with E-state index >= 15 is 0 Å². The summed E-state index contributed by atoms with van der Waals surface area (Å²) in [5, 5.41) is 9.68. The Morgan fingerprint density at radius 2 is 1.71 bits per heavy atom. The summed E-state index contributed by atoms with van der Waals surface area (Å²) in [5.74, 6) is -0.241. The maximum Gasteiger partial charge on any atom is 0.416 e. The SMILES string of the molecule is CCOc1ccc(F)cc1C(C)(C)CC(C)(O)C(F)(F)F. The van der Waals surface area contributed by atoms with Crippen LogP contribution in [0.3, 0.4) is 0 Å². The van der Waals surface area contributed by atoms with Crippen molar-refractivity contribution >= 4 is 0 Å². The first-order chi connectivity index (χ1) is 9.40. The Balaban J connectivity index is 3.21. The van der Waals surface area contributed by atoms with Gasteiger partial charge >= 0.3 is 6.18 Å². The van der Waals surface area contributed by atoms with E-state index in [0.717, 1.165) is 6.07 Å². The van der Waals surface area contributed by atoms with Crippen molar-refractivity contribution in [2.75, 3.05) is 6.61 Å². The molecular weight excluding hydrogens is 288 g/mol. The second-order valence-electron chi connectivity index (χ2n) is 5.91. The first kappa shape index (κ1) is 17.8. The number of rotatable bonds is 5. The molecule has 1 N–H and O–H groups in total. The molecule has 1 atom stereocenters. The number of ether oxygens (including phenoxy) is 1. The molecule has 1 rings (SSSR count). The third-order valence-corrected chi connectivity index (χ3v) is 3.37. The number of alkyl halides is 3. The minimum atomic E-state index is -4.76. The molecule has 0 bridgehead atoms. The standard InChI is InChI=1S/C15H20F4O2/c1-5-21-12-7-6-10(16)8-11(12)13(2,3)9-14(4,20)15(17,18)19/h6-8,20H,5,9H2,1-4H3. The van der Waals surface area contributed by atoms with Crippen molar-refractivity contribution in [3.63, 3.8) is 0 Å². The van der Waals surface area contributed by atoms with Crippen molar-refractivity contribution in [3.8, 4) is 5.75 Å². The Morgan fingerprint density at radius 3 is 2.19 bits per heavy atom. The summed E-state index contributed by atoms with van der Waals surface area (Å²) in [5.41, 5.74) is -3.69. The monoisotopic (exact) mass is 308 g/mol. The highest BCUT2D eigenvalue weighted by Gasteiger charge is 2.52. The molecule has 0 aliphatic carbocycles. The Labute approximate surface area is 121 Å². The van der Waals surface area contributed by atoms with E-state index in [1.807, 2.05) is 0 Å². The van der Waals surface area contributed by atoms with Crippen LogP contribution in [-0.4, -0.2) is 23.5 Å². The van der Waals surface area contributed by atoms with E-state index in [1.54, 1.807) is 6.92 Å². The van der Waals surface area contributed by atoms with E-state index in [1.165, 1.54) is 26.0 Å². The third kappa shape index (κ3) is 4.09. The summed E-state index contributed by atoms with van der Waals surface area (Å²) in [6, 6.07) is 3.72. The van der Waals surface area contributed by atoms with Crippen LogP contribution in [0.4, 0.5) is 17.6 Å². The van der Waals surface area contributed by atoms with E-state index in [2.05, 4.69) is 0 Å². The number of aliphatic hydroxyl groups is 1. The van der Waals surface area contributed by atoms with Gasteiger partial charge in [-0.15, -0.1) is 0 Å². The molecule has 1 aromatic rings. The molecule has 0 saturated heterocycles. The minimum absolute atomic E-state index is 0.300. The lowest BCUT2D eigenvalue weighted by molar-refractivity contribution is -0.259. The van der Waals surface area contributed by atoms with E-state index in [-0.39, 0.29) is 0 Å². The van der Waals surface area contributed by atoms with Crippen molar-refractivity contribution in [2.24, 2.45) is 0 Å². The topological polar surface area (TPSA) is 29.5 Å². The van der Waals surface area contributed by atoms with Gasteiger partial charge in [0.15, 0.2) is 5.60 Å². The molecule has 0 saturated carbocycles. The van der Waals surface area contributed by atoms with Crippen molar-refractivity contribution in [1.29, 1.82) is 0 Å². The van der Waals surface area contributed by atoms with Gasteiger partial charge in [0, 0.05) is 5.56 Å². The van der Waals surface area contributed by atoms with Crippen LogP contribution in [0.2, 0.25) is 0 Å². The Morgan fingerprint density at radius 1 is 1.14 bits per heavy atom. The molecule has 6 heteroatoms. The Kier molecular flexibility index (Phi) is 4.93. The predicted octanol–water partition coefficient (Wildman–Crippen LogP) is 4.21. The summed E-state index contributed by atoms with van der Waals surface area (Å²) in [6.45, 7) is 5.79. The summed E-state index contributed by atoms with van der Waals surface area (Å²) >= 11 is 0. The summed E-state index contributed by atoms with van der Waals surface area (Å²) in [4.78, 5) is 0. The number of hydrogen-bond acceptors (Lipinski definition) is 2. The zero-order chi connectivity index (χ0) is 16.5. The number of halogens is 4. The predicted molar refractivity (Wildman–Crippen MR) is 71.9 cm³/mol. The van der Waals surface area contributed by atoms with E-state index in [0.29, 0.717) is 24.8 Å². The molecular formula is C15H20F4O2. The van der Waals surface area contributed by atoms with Gasteiger partial charge in [0.2, 0.25) is 0 Å². The molecule has 21 heavy (non-hydrogen) atoms. The molecule has 1 unspecified atom stereocenters. The molecule has 0 heterocycles. The summed E-state index contributed by atoms with van der Waals surface area (Å²) in [6.07, 6.45) is -5.36. The van der Waals surface area contributed by atoms with Crippen molar-refractivity contribution in [1.82, 2.24) is 0 Å². The lowest BCUT2D eigenvalue weighted by atomic mass is 9.75. The van der Waals surface area contributed by atoms with Gasteiger partial charge in [-0.1, -0.05) is 13.8 Å². The normalized spacial score (nSPS) is 15.7. The molecule has 0 fully saturated rings. The number of benzene rings is 1. The molecule has 0 aliphatic rings. The Bertz CT molecular complexity index is 493. The highest BCUT2D eigenvalue weighted by Crippen LogP contribution is 2.43. The fourth-order valence-corrected chi connectivity index (χ4v) is 2.37. The molecule has 0 radical (unpaired) electrons. The Hall–Kier alpha value is -1.30. The van der Waals surface area contributed by atoms with Gasteiger partial charge in [-0.2, -0.15) is 13.2 Å². The zero-order valence-corrected chi connectivity index (χ0v) is 12.5.